The molecule has 0 aromatic rings. The quantitative estimate of drug-likeness (QED) is 0.724. The molecule has 0 spiro atoms. The van der Waals surface area contributed by atoms with E-state index in [9.17, 15) is 21.6 Å². The number of sulfonamides is 1. The second-order valence-electron chi connectivity index (χ2n) is 5.39. The normalized spacial score (nSPS) is 22.3. The summed E-state index contributed by atoms with van der Waals surface area (Å²) in [6.45, 7) is 2.96. The summed E-state index contributed by atoms with van der Waals surface area (Å²) >= 11 is 0. The largest absolute Gasteiger partial charge is 0.340 e. The Morgan fingerprint density at radius 2 is 1.79 bits per heavy atom. The minimum absolute atomic E-state index is 0.0450. The maximum Gasteiger partial charge on any atom is 0.243 e. The smallest absolute Gasteiger partial charge is 0.243 e. The number of hydrogen-bond donors (Lipinski definition) is 1. The molecule has 0 aromatic heterocycles. The number of hydrogen-bond acceptors (Lipinski definition) is 5. The highest BCUT2D eigenvalue weighted by Crippen LogP contribution is 2.23. The number of nitrogens with zero attached hydrogens (tertiary/aromatic N) is 1. The van der Waals surface area contributed by atoms with E-state index >= 15 is 0 Å². The van der Waals surface area contributed by atoms with Gasteiger partial charge in [0.25, 0.3) is 0 Å². The van der Waals surface area contributed by atoms with E-state index in [1.54, 1.807) is 0 Å². The average Bonchev–Trinajstić information content (AvgIpc) is 2.25. The van der Waals surface area contributed by atoms with Gasteiger partial charge >= 0.3 is 0 Å². The van der Waals surface area contributed by atoms with Crippen LogP contribution in [-0.2, 0) is 24.7 Å². The summed E-state index contributed by atoms with van der Waals surface area (Å²) in [5.74, 6) is -0.580. The van der Waals surface area contributed by atoms with Crippen molar-refractivity contribution in [3.63, 3.8) is 0 Å². The van der Waals surface area contributed by atoms with E-state index < -0.39 is 35.8 Å². The van der Waals surface area contributed by atoms with E-state index in [1.807, 2.05) is 0 Å². The standard InChI is InChI=1S/C10H20N2O5S2/c1-10(2,18(3,14)15)9(13)12-6-4-5-8(7-12)19(11,16)17/h8H,4-7H2,1-3H3,(H2,11,16,17). The van der Waals surface area contributed by atoms with E-state index in [2.05, 4.69) is 0 Å². The summed E-state index contributed by atoms with van der Waals surface area (Å²) < 4.78 is 44.3. The van der Waals surface area contributed by atoms with Crippen molar-refractivity contribution >= 4 is 25.8 Å². The van der Waals surface area contributed by atoms with Gasteiger partial charge in [0, 0.05) is 19.3 Å². The number of likely N-dealkylation sites (tertiary alicyclic amines) is 1. The van der Waals surface area contributed by atoms with Crippen LogP contribution in [0.15, 0.2) is 0 Å². The molecule has 1 atom stereocenters. The fourth-order valence-corrected chi connectivity index (χ4v) is 3.26. The molecule has 1 fully saturated rings. The summed E-state index contributed by atoms with van der Waals surface area (Å²) in [4.78, 5) is 13.5. The van der Waals surface area contributed by atoms with Crippen molar-refractivity contribution in [2.75, 3.05) is 19.3 Å². The molecule has 0 bridgehead atoms. The van der Waals surface area contributed by atoms with Crippen LogP contribution in [0.2, 0.25) is 0 Å². The van der Waals surface area contributed by atoms with Crippen LogP contribution in [0, 0.1) is 0 Å². The number of carbonyl (C=O) groups is 1. The van der Waals surface area contributed by atoms with E-state index in [4.69, 9.17) is 5.14 Å². The number of piperidine rings is 1. The predicted octanol–water partition coefficient (Wildman–Crippen LogP) is -0.911. The number of amides is 1. The zero-order chi connectivity index (χ0) is 15.1. The van der Waals surface area contributed by atoms with Crippen molar-refractivity contribution < 1.29 is 21.6 Å². The van der Waals surface area contributed by atoms with Gasteiger partial charge in [0.2, 0.25) is 15.9 Å². The molecule has 2 N–H and O–H groups in total. The average molecular weight is 312 g/mol. The van der Waals surface area contributed by atoms with Crippen LogP contribution in [0.4, 0.5) is 0 Å². The molecular weight excluding hydrogens is 292 g/mol. The highest BCUT2D eigenvalue weighted by molar-refractivity contribution is 7.92. The highest BCUT2D eigenvalue weighted by Gasteiger charge is 2.43. The second kappa shape index (κ2) is 5.02. The van der Waals surface area contributed by atoms with E-state index in [-0.39, 0.29) is 6.54 Å². The van der Waals surface area contributed by atoms with Gasteiger partial charge in [-0.1, -0.05) is 0 Å². The van der Waals surface area contributed by atoms with E-state index in [1.165, 1.54) is 18.7 Å². The summed E-state index contributed by atoms with van der Waals surface area (Å²) in [7, 11) is -7.29. The molecular formula is C10H20N2O5S2. The monoisotopic (exact) mass is 312 g/mol. The Morgan fingerprint density at radius 1 is 1.26 bits per heavy atom. The summed E-state index contributed by atoms with van der Waals surface area (Å²) in [5.41, 5.74) is 0. The van der Waals surface area contributed by atoms with Gasteiger partial charge < -0.3 is 4.90 Å². The zero-order valence-electron chi connectivity index (χ0n) is 11.3. The first-order chi connectivity index (χ1) is 8.37. The molecule has 1 heterocycles. The van der Waals surface area contributed by atoms with Crippen LogP contribution < -0.4 is 5.14 Å². The number of primary sulfonamides is 1. The maximum absolute atomic E-state index is 12.3. The topological polar surface area (TPSA) is 115 Å². The molecule has 19 heavy (non-hydrogen) atoms. The van der Waals surface area contributed by atoms with Crippen molar-refractivity contribution in [1.29, 1.82) is 0 Å². The van der Waals surface area contributed by atoms with Crippen LogP contribution >= 0.6 is 0 Å². The van der Waals surface area contributed by atoms with Crippen LogP contribution in [0.5, 0.6) is 0 Å². The number of sulfone groups is 1. The second-order valence-corrected chi connectivity index (χ2v) is 9.80. The van der Waals surface area contributed by atoms with Crippen LogP contribution in [0.3, 0.4) is 0 Å². The maximum atomic E-state index is 12.3. The van der Waals surface area contributed by atoms with E-state index in [0.29, 0.717) is 19.4 Å². The Kier molecular flexibility index (Phi) is 4.33. The van der Waals surface area contributed by atoms with Gasteiger partial charge in [0.05, 0.1) is 5.25 Å². The molecule has 0 radical (unpaired) electrons. The Balaban J connectivity index is 2.96. The predicted molar refractivity (Wildman–Crippen MR) is 71.6 cm³/mol. The minimum Gasteiger partial charge on any atom is -0.340 e. The van der Waals surface area contributed by atoms with E-state index in [0.717, 1.165) is 6.26 Å². The van der Waals surface area contributed by atoms with Crippen LogP contribution in [0.25, 0.3) is 0 Å². The first-order valence-corrected chi connectivity index (χ1v) is 9.38. The minimum atomic E-state index is -3.72. The van der Waals surface area contributed by atoms with Crippen molar-refractivity contribution in [2.45, 2.75) is 36.7 Å². The molecule has 1 aliphatic heterocycles. The van der Waals surface area contributed by atoms with Gasteiger partial charge in [-0.15, -0.1) is 0 Å². The molecule has 0 aliphatic carbocycles. The Morgan fingerprint density at radius 3 is 2.21 bits per heavy atom. The lowest BCUT2D eigenvalue weighted by Gasteiger charge is -2.36. The van der Waals surface area contributed by atoms with Gasteiger partial charge in [-0.3, -0.25) is 4.79 Å². The number of carbonyl (C=O) groups excluding carboxylic acids is 1. The fourth-order valence-electron chi connectivity index (χ4n) is 1.93. The summed E-state index contributed by atoms with van der Waals surface area (Å²) in [5, 5.41) is 4.26. The van der Waals surface area contributed by atoms with Gasteiger partial charge in [-0.25, -0.2) is 22.0 Å². The first-order valence-electron chi connectivity index (χ1n) is 5.88. The molecule has 0 saturated carbocycles. The molecule has 9 heteroatoms. The van der Waals surface area contributed by atoms with Gasteiger partial charge in [-0.2, -0.15) is 0 Å². The first kappa shape index (κ1) is 16.4. The third-order valence-corrected chi connectivity index (χ3v) is 6.91. The molecule has 1 unspecified atom stereocenters. The number of nitrogens with two attached hydrogens (primary N) is 1. The molecule has 1 aliphatic rings. The third-order valence-electron chi connectivity index (χ3n) is 3.57. The van der Waals surface area contributed by atoms with Crippen molar-refractivity contribution in [2.24, 2.45) is 5.14 Å². The fraction of sp³-hybridized carbons (Fsp3) is 0.900. The highest BCUT2D eigenvalue weighted by atomic mass is 32.2. The molecule has 1 saturated heterocycles. The molecule has 7 nitrogen and oxygen atoms in total. The van der Waals surface area contributed by atoms with Crippen LogP contribution in [0.1, 0.15) is 26.7 Å². The van der Waals surface area contributed by atoms with Crippen LogP contribution in [-0.4, -0.2) is 57.0 Å². The lowest BCUT2D eigenvalue weighted by Crippen LogP contribution is -2.55. The Labute approximate surface area is 114 Å². The molecule has 0 aromatic carbocycles. The molecule has 1 rings (SSSR count). The SMILES string of the molecule is CC(C)(C(=O)N1CCCC(S(N)(=O)=O)C1)S(C)(=O)=O. The lowest BCUT2D eigenvalue weighted by molar-refractivity contribution is -0.133. The molecule has 1 amide bonds. The van der Waals surface area contributed by atoms with Crippen molar-refractivity contribution in [3.05, 3.63) is 0 Å². The van der Waals surface area contributed by atoms with Crippen molar-refractivity contribution in [1.82, 2.24) is 4.90 Å². The van der Waals surface area contributed by atoms with Crippen molar-refractivity contribution in [3.8, 4) is 0 Å². The van der Waals surface area contributed by atoms with Gasteiger partial charge in [0.15, 0.2) is 9.84 Å². The van der Waals surface area contributed by atoms with Gasteiger partial charge in [-0.05, 0) is 26.7 Å². The lowest BCUT2D eigenvalue weighted by atomic mass is 10.1. The zero-order valence-corrected chi connectivity index (χ0v) is 12.9. The Hall–Kier alpha value is -0.670. The summed E-state index contributed by atoms with van der Waals surface area (Å²) in [6, 6.07) is 0. The number of rotatable bonds is 3. The molecule has 112 valence electrons. The Bertz CT molecular complexity index is 565. The van der Waals surface area contributed by atoms with Gasteiger partial charge in [0.1, 0.15) is 4.75 Å². The summed E-state index contributed by atoms with van der Waals surface area (Å²) in [6.07, 6.45) is 1.88. The third kappa shape index (κ3) is 3.46.